The highest BCUT2D eigenvalue weighted by Gasteiger charge is 2.19. The Balaban J connectivity index is 2.79. The zero-order valence-corrected chi connectivity index (χ0v) is 12.8. The second-order valence-electron chi connectivity index (χ2n) is 4.42. The van der Waals surface area contributed by atoms with Crippen LogP contribution in [0.1, 0.15) is 28.2 Å². The molecule has 0 spiro atoms. The van der Waals surface area contributed by atoms with Crippen LogP contribution in [0.4, 0.5) is 0 Å². The van der Waals surface area contributed by atoms with Gasteiger partial charge in [0.2, 0.25) is 0 Å². The number of aryl methyl sites for hydroxylation is 2. The van der Waals surface area contributed by atoms with E-state index in [0.717, 1.165) is 27.1 Å². The van der Waals surface area contributed by atoms with Crippen molar-refractivity contribution in [3.63, 3.8) is 0 Å². The summed E-state index contributed by atoms with van der Waals surface area (Å²) in [6.45, 7) is 7.54. The maximum atomic E-state index is 7.75. The fraction of sp³-hybridized carbons (Fsp3) is 0.333. The molecule has 6 nitrogen and oxygen atoms in total. The average molecular weight is 323 g/mol. The zero-order chi connectivity index (χ0) is 14.3. The second kappa shape index (κ2) is 4.73. The van der Waals surface area contributed by atoms with Gasteiger partial charge in [-0.2, -0.15) is 10.2 Å². The lowest BCUT2D eigenvalue weighted by molar-refractivity contribution is 0.769. The molecule has 0 bridgehead atoms. The van der Waals surface area contributed by atoms with Crippen molar-refractivity contribution in [2.24, 2.45) is 5.73 Å². The third kappa shape index (κ3) is 2.14. The summed E-state index contributed by atoms with van der Waals surface area (Å²) < 4.78 is 2.58. The summed E-state index contributed by atoms with van der Waals surface area (Å²) in [4.78, 5) is 0. The van der Waals surface area contributed by atoms with Crippen molar-refractivity contribution in [1.82, 2.24) is 20.0 Å². The van der Waals surface area contributed by atoms with E-state index >= 15 is 0 Å². The van der Waals surface area contributed by atoms with Crippen LogP contribution in [-0.2, 0) is 0 Å². The quantitative estimate of drug-likeness (QED) is 0.652. The molecule has 3 N–H and O–H groups in total. The summed E-state index contributed by atoms with van der Waals surface area (Å²) in [5.74, 6) is 0.455. The molecule has 0 aliphatic rings. The monoisotopic (exact) mass is 322 g/mol. The number of hydrogen-bond acceptors (Lipinski definition) is 4. The molecule has 0 aliphatic heterocycles. The molecule has 2 rings (SSSR count). The third-order valence-electron chi connectivity index (χ3n) is 3.11. The molecule has 2 heterocycles. The third-order valence-corrected chi connectivity index (χ3v) is 4.26. The molecule has 0 saturated carbocycles. The summed E-state index contributed by atoms with van der Waals surface area (Å²) in [5, 5.41) is 20.4. The number of hydrogen-bond donors (Lipinski definition) is 2. The van der Waals surface area contributed by atoms with Gasteiger partial charge in [0.15, 0.2) is 5.82 Å². The first kappa shape index (κ1) is 13.7. The van der Waals surface area contributed by atoms with Crippen LogP contribution in [0.15, 0.2) is 4.47 Å². The van der Waals surface area contributed by atoms with E-state index in [1.165, 1.54) is 0 Å². The first-order valence-corrected chi connectivity index (χ1v) is 6.54. The lowest BCUT2D eigenvalue weighted by Gasteiger charge is -2.12. The molecule has 100 valence electrons. The Kier molecular flexibility index (Phi) is 3.40. The van der Waals surface area contributed by atoms with Crippen molar-refractivity contribution in [2.75, 3.05) is 0 Å². The minimum absolute atomic E-state index is 0.0332. The normalized spacial score (nSPS) is 10.8. The van der Waals surface area contributed by atoms with Crippen LogP contribution in [0.2, 0.25) is 0 Å². The van der Waals surface area contributed by atoms with Gasteiger partial charge in [-0.15, -0.1) is 5.10 Å². The molecule has 0 saturated heterocycles. The van der Waals surface area contributed by atoms with E-state index in [0.29, 0.717) is 11.4 Å². The van der Waals surface area contributed by atoms with Crippen LogP contribution in [0, 0.1) is 33.1 Å². The molecule has 0 atom stereocenters. The molecule has 7 heteroatoms. The fourth-order valence-electron chi connectivity index (χ4n) is 1.90. The van der Waals surface area contributed by atoms with Gasteiger partial charge in [-0.1, -0.05) is 0 Å². The Morgan fingerprint density at radius 1 is 1.16 bits per heavy atom. The summed E-state index contributed by atoms with van der Waals surface area (Å²) >= 11 is 3.48. The molecular formula is C12H15BrN6. The van der Waals surface area contributed by atoms with Crippen LogP contribution in [-0.4, -0.2) is 25.8 Å². The summed E-state index contributed by atoms with van der Waals surface area (Å²) in [6, 6.07) is 0. The molecule has 0 aromatic carbocycles. The van der Waals surface area contributed by atoms with Gasteiger partial charge < -0.3 is 5.73 Å². The maximum absolute atomic E-state index is 7.75. The molecule has 2 aromatic rings. The van der Waals surface area contributed by atoms with Crippen molar-refractivity contribution in [2.45, 2.75) is 27.7 Å². The molecule has 0 radical (unpaired) electrons. The number of nitrogens with zero attached hydrogens (tertiary/aromatic N) is 4. The van der Waals surface area contributed by atoms with Gasteiger partial charge >= 0.3 is 0 Å². The average Bonchev–Trinajstić information content (AvgIpc) is 2.60. The van der Waals surface area contributed by atoms with Crippen LogP contribution in [0.3, 0.4) is 0 Å². The zero-order valence-electron chi connectivity index (χ0n) is 11.2. The van der Waals surface area contributed by atoms with Crippen molar-refractivity contribution in [1.29, 1.82) is 5.41 Å². The molecule has 19 heavy (non-hydrogen) atoms. The van der Waals surface area contributed by atoms with E-state index in [2.05, 4.69) is 31.2 Å². The van der Waals surface area contributed by atoms with Crippen LogP contribution in [0.25, 0.3) is 5.82 Å². The predicted molar refractivity (Wildman–Crippen MR) is 76.8 cm³/mol. The molecular weight excluding hydrogens is 308 g/mol. The Hall–Kier alpha value is -1.76. The number of nitrogens with one attached hydrogen (secondary N) is 1. The first-order valence-electron chi connectivity index (χ1n) is 5.75. The lowest BCUT2D eigenvalue weighted by Crippen LogP contribution is -2.20. The molecule has 0 unspecified atom stereocenters. The molecule has 0 aliphatic carbocycles. The Bertz CT molecular complexity index is 673. The van der Waals surface area contributed by atoms with Crippen molar-refractivity contribution in [3.8, 4) is 5.82 Å². The van der Waals surface area contributed by atoms with Crippen LogP contribution < -0.4 is 5.73 Å². The molecule has 0 amide bonds. The summed E-state index contributed by atoms with van der Waals surface area (Å²) in [6.07, 6.45) is 0. The van der Waals surface area contributed by atoms with Gasteiger partial charge in [0, 0.05) is 0 Å². The minimum Gasteiger partial charge on any atom is -0.384 e. The highest BCUT2D eigenvalue weighted by molar-refractivity contribution is 9.10. The highest BCUT2D eigenvalue weighted by Crippen LogP contribution is 2.24. The van der Waals surface area contributed by atoms with E-state index in [9.17, 15) is 0 Å². The summed E-state index contributed by atoms with van der Waals surface area (Å²) in [7, 11) is 0. The first-order chi connectivity index (χ1) is 8.84. The standard InChI is InChI=1S/C12H15BrN6/c1-5-6(2)16-17-12(9(5)11(14)15)19-8(4)10(13)7(3)18-19/h1-4H3,(H3,14,15). The largest absolute Gasteiger partial charge is 0.384 e. The number of nitrogens with two attached hydrogens (primary N) is 1. The Labute approximate surface area is 119 Å². The van der Waals surface area contributed by atoms with Gasteiger partial charge in [-0.3, -0.25) is 5.41 Å². The predicted octanol–water partition coefficient (Wildman–Crippen LogP) is 1.94. The van der Waals surface area contributed by atoms with Gasteiger partial charge in [0.05, 0.1) is 27.1 Å². The van der Waals surface area contributed by atoms with Gasteiger partial charge in [-0.25, -0.2) is 4.68 Å². The highest BCUT2D eigenvalue weighted by atomic mass is 79.9. The van der Waals surface area contributed by atoms with Gasteiger partial charge in [0.25, 0.3) is 0 Å². The van der Waals surface area contributed by atoms with Crippen molar-refractivity contribution >= 4 is 21.8 Å². The Morgan fingerprint density at radius 3 is 2.26 bits per heavy atom. The van der Waals surface area contributed by atoms with Crippen molar-refractivity contribution < 1.29 is 0 Å². The number of nitrogen functional groups attached to an aromatic ring is 1. The number of amidine groups is 1. The molecule has 0 fully saturated rings. The van der Waals surface area contributed by atoms with Crippen LogP contribution in [0.5, 0.6) is 0 Å². The van der Waals surface area contributed by atoms with Crippen LogP contribution >= 0.6 is 15.9 Å². The van der Waals surface area contributed by atoms with E-state index in [-0.39, 0.29) is 5.84 Å². The van der Waals surface area contributed by atoms with Crippen molar-refractivity contribution in [3.05, 3.63) is 32.7 Å². The van der Waals surface area contributed by atoms with Gasteiger partial charge in [0.1, 0.15) is 5.84 Å². The molecule has 2 aromatic heterocycles. The fourth-order valence-corrected chi connectivity index (χ4v) is 2.14. The smallest absolute Gasteiger partial charge is 0.187 e. The second-order valence-corrected chi connectivity index (χ2v) is 5.21. The minimum atomic E-state index is -0.0332. The van der Waals surface area contributed by atoms with E-state index < -0.39 is 0 Å². The summed E-state index contributed by atoms with van der Waals surface area (Å²) in [5.41, 5.74) is 9.62. The van der Waals surface area contributed by atoms with E-state index in [1.807, 2.05) is 27.7 Å². The number of aromatic nitrogens is 4. The van der Waals surface area contributed by atoms with Gasteiger partial charge in [-0.05, 0) is 49.2 Å². The maximum Gasteiger partial charge on any atom is 0.187 e. The number of halogens is 1. The number of rotatable bonds is 2. The SMILES string of the molecule is Cc1nnc(-n2nc(C)c(Br)c2C)c(C(=N)N)c1C. The van der Waals surface area contributed by atoms with E-state index in [1.54, 1.807) is 4.68 Å². The Morgan fingerprint density at radius 2 is 1.79 bits per heavy atom. The topological polar surface area (TPSA) is 93.5 Å². The lowest BCUT2D eigenvalue weighted by atomic mass is 10.1. The van der Waals surface area contributed by atoms with E-state index in [4.69, 9.17) is 11.1 Å².